The van der Waals surface area contributed by atoms with Gasteiger partial charge in [-0.05, 0) is 33.0 Å². The molecular weight excluding hydrogens is 206 g/mol. The molecule has 0 atom stereocenters. The molecule has 0 spiro atoms. The van der Waals surface area contributed by atoms with E-state index in [9.17, 15) is 0 Å². The Morgan fingerprint density at radius 2 is 1.53 bits per heavy atom. The first-order valence-corrected chi connectivity index (χ1v) is 5.94. The maximum atomic E-state index is 5.36. The van der Waals surface area contributed by atoms with Crippen molar-refractivity contribution < 1.29 is 0 Å². The molecule has 1 aliphatic rings. The molecule has 0 radical (unpaired) electrons. The normalized spacial score (nSPS) is 19.1. The zero-order valence-corrected chi connectivity index (χ0v) is 11.4. The van der Waals surface area contributed by atoms with Gasteiger partial charge in [0.1, 0.15) is 0 Å². The Hall–Kier alpha value is -0.350. The highest BCUT2D eigenvalue weighted by Gasteiger charge is 2.26. The molecule has 15 heavy (non-hydrogen) atoms. The summed E-state index contributed by atoms with van der Waals surface area (Å²) >= 11 is 5.36. The van der Waals surface area contributed by atoms with Crippen molar-refractivity contribution in [3.05, 3.63) is 0 Å². The molecule has 1 rings (SSSR count). The lowest BCUT2D eigenvalue weighted by Gasteiger charge is -2.43. The predicted octanol–water partition coefficient (Wildman–Crippen LogP) is 1.25. The first kappa shape index (κ1) is 12.7. The first-order valence-electron chi connectivity index (χ1n) is 5.53. The highest BCUT2D eigenvalue weighted by atomic mass is 32.1. The molecule has 0 N–H and O–H groups in total. The monoisotopic (exact) mass is 229 g/mol. The van der Waals surface area contributed by atoms with Crippen LogP contribution in [0.3, 0.4) is 0 Å². The van der Waals surface area contributed by atoms with Crippen LogP contribution >= 0.6 is 12.2 Å². The van der Waals surface area contributed by atoms with Crippen LogP contribution in [0.2, 0.25) is 0 Å². The van der Waals surface area contributed by atoms with Crippen LogP contribution in [0, 0.1) is 0 Å². The average Bonchev–Trinajstić information content (AvgIpc) is 2.15. The van der Waals surface area contributed by atoms with Gasteiger partial charge in [0.15, 0.2) is 5.11 Å². The minimum absolute atomic E-state index is 0.284. The largest absolute Gasteiger partial charge is 0.355 e. The summed E-state index contributed by atoms with van der Waals surface area (Å²) in [6.07, 6.45) is 0. The lowest BCUT2D eigenvalue weighted by molar-refractivity contribution is 0.0859. The van der Waals surface area contributed by atoms with E-state index in [1.54, 1.807) is 0 Å². The lowest BCUT2D eigenvalue weighted by Crippen LogP contribution is -2.56. The summed E-state index contributed by atoms with van der Waals surface area (Å²) in [5, 5.41) is 0.962. The molecule has 4 heteroatoms. The van der Waals surface area contributed by atoms with Gasteiger partial charge in [-0.25, -0.2) is 0 Å². The van der Waals surface area contributed by atoms with E-state index in [0.29, 0.717) is 0 Å². The van der Waals surface area contributed by atoms with Crippen LogP contribution in [-0.2, 0) is 0 Å². The van der Waals surface area contributed by atoms with E-state index < -0.39 is 0 Å². The fourth-order valence-electron chi connectivity index (χ4n) is 1.85. The maximum absolute atomic E-state index is 5.36. The Balaban J connectivity index is 2.46. The number of rotatable bonds is 0. The van der Waals surface area contributed by atoms with Gasteiger partial charge in [0.2, 0.25) is 0 Å². The van der Waals surface area contributed by atoms with E-state index in [0.717, 1.165) is 31.3 Å². The number of thiocarbonyl (C=S) groups is 1. The van der Waals surface area contributed by atoms with Crippen LogP contribution in [0.5, 0.6) is 0 Å². The zero-order chi connectivity index (χ0) is 11.6. The van der Waals surface area contributed by atoms with E-state index in [-0.39, 0.29) is 5.54 Å². The van der Waals surface area contributed by atoms with Crippen LogP contribution in [0.4, 0.5) is 0 Å². The molecule has 1 saturated heterocycles. The van der Waals surface area contributed by atoms with Crippen molar-refractivity contribution in [2.45, 2.75) is 26.3 Å². The van der Waals surface area contributed by atoms with Gasteiger partial charge in [-0.15, -0.1) is 0 Å². The highest BCUT2D eigenvalue weighted by Crippen LogP contribution is 2.16. The molecule has 0 aliphatic carbocycles. The van der Waals surface area contributed by atoms with Crippen LogP contribution < -0.4 is 0 Å². The fraction of sp³-hybridized carbons (Fsp3) is 0.909. The van der Waals surface area contributed by atoms with Gasteiger partial charge in [0, 0.05) is 45.8 Å². The van der Waals surface area contributed by atoms with Crippen LogP contribution in [0.25, 0.3) is 0 Å². The van der Waals surface area contributed by atoms with Crippen LogP contribution in [0.1, 0.15) is 20.8 Å². The molecule has 0 aromatic heterocycles. The highest BCUT2D eigenvalue weighted by molar-refractivity contribution is 7.80. The van der Waals surface area contributed by atoms with E-state index in [1.807, 2.05) is 19.0 Å². The van der Waals surface area contributed by atoms with E-state index >= 15 is 0 Å². The Morgan fingerprint density at radius 1 is 1.07 bits per heavy atom. The SMILES string of the molecule is CN(C)C(=S)N1CCN(C(C)(C)C)CC1. The molecule has 0 aromatic rings. The van der Waals surface area contributed by atoms with Crippen molar-refractivity contribution in [3.8, 4) is 0 Å². The van der Waals surface area contributed by atoms with Gasteiger partial charge in [-0.2, -0.15) is 0 Å². The Labute approximate surface area is 99.0 Å². The molecule has 3 nitrogen and oxygen atoms in total. The third kappa shape index (κ3) is 3.31. The number of piperazine rings is 1. The molecule has 1 aliphatic heterocycles. The number of nitrogens with zero attached hydrogens (tertiary/aromatic N) is 3. The maximum Gasteiger partial charge on any atom is 0.171 e. The smallest absolute Gasteiger partial charge is 0.171 e. The average molecular weight is 229 g/mol. The van der Waals surface area contributed by atoms with Crippen molar-refractivity contribution in [1.29, 1.82) is 0 Å². The second-order valence-electron chi connectivity index (χ2n) is 5.32. The zero-order valence-electron chi connectivity index (χ0n) is 10.6. The van der Waals surface area contributed by atoms with E-state index in [1.165, 1.54) is 0 Å². The Morgan fingerprint density at radius 3 is 1.87 bits per heavy atom. The second-order valence-corrected chi connectivity index (χ2v) is 5.69. The summed E-state index contributed by atoms with van der Waals surface area (Å²) in [4.78, 5) is 6.82. The molecule has 0 amide bonds. The summed E-state index contributed by atoms with van der Waals surface area (Å²) in [6.45, 7) is 11.1. The molecule has 0 aromatic carbocycles. The molecule has 0 unspecified atom stereocenters. The van der Waals surface area contributed by atoms with Crippen molar-refractivity contribution in [3.63, 3.8) is 0 Å². The second kappa shape index (κ2) is 4.66. The first-order chi connectivity index (χ1) is 6.82. The number of hydrogen-bond acceptors (Lipinski definition) is 2. The predicted molar refractivity (Wildman–Crippen MR) is 69.2 cm³/mol. The van der Waals surface area contributed by atoms with E-state index in [2.05, 4.69) is 30.6 Å². The topological polar surface area (TPSA) is 9.72 Å². The Kier molecular flexibility index (Phi) is 3.95. The lowest BCUT2D eigenvalue weighted by atomic mass is 10.1. The van der Waals surface area contributed by atoms with Crippen molar-refractivity contribution in [2.75, 3.05) is 40.3 Å². The number of hydrogen-bond donors (Lipinski definition) is 0. The van der Waals surface area contributed by atoms with Crippen molar-refractivity contribution in [1.82, 2.24) is 14.7 Å². The molecule has 1 heterocycles. The Bertz CT molecular complexity index is 224. The fourth-order valence-corrected chi connectivity index (χ4v) is 2.03. The molecule has 88 valence electrons. The standard InChI is InChI=1S/C11H23N3S/c1-11(2,3)14-8-6-13(7-9-14)10(15)12(4)5/h6-9H2,1-5H3. The minimum Gasteiger partial charge on any atom is -0.355 e. The van der Waals surface area contributed by atoms with Crippen LogP contribution in [0.15, 0.2) is 0 Å². The third-order valence-electron chi connectivity index (χ3n) is 2.88. The van der Waals surface area contributed by atoms with Gasteiger partial charge in [-0.3, -0.25) is 4.90 Å². The molecule has 0 saturated carbocycles. The van der Waals surface area contributed by atoms with Gasteiger partial charge >= 0.3 is 0 Å². The van der Waals surface area contributed by atoms with Crippen molar-refractivity contribution in [2.24, 2.45) is 0 Å². The summed E-state index contributed by atoms with van der Waals surface area (Å²) in [5.41, 5.74) is 0.284. The summed E-state index contributed by atoms with van der Waals surface area (Å²) < 4.78 is 0. The van der Waals surface area contributed by atoms with Crippen LogP contribution in [-0.4, -0.2) is 65.6 Å². The molecule has 1 fully saturated rings. The van der Waals surface area contributed by atoms with Crippen molar-refractivity contribution >= 4 is 17.3 Å². The van der Waals surface area contributed by atoms with E-state index in [4.69, 9.17) is 12.2 Å². The molecule has 0 bridgehead atoms. The van der Waals surface area contributed by atoms with Gasteiger partial charge < -0.3 is 9.80 Å². The summed E-state index contributed by atoms with van der Waals surface area (Å²) in [5.74, 6) is 0. The quantitative estimate of drug-likeness (QED) is 0.578. The van der Waals surface area contributed by atoms with Gasteiger partial charge in [0.05, 0.1) is 0 Å². The summed E-state index contributed by atoms with van der Waals surface area (Å²) in [7, 11) is 4.02. The molecular formula is C11H23N3S. The van der Waals surface area contributed by atoms with Gasteiger partial charge in [0.25, 0.3) is 0 Å². The van der Waals surface area contributed by atoms with Gasteiger partial charge in [-0.1, -0.05) is 0 Å². The summed E-state index contributed by atoms with van der Waals surface area (Å²) in [6, 6.07) is 0. The third-order valence-corrected chi connectivity index (χ3v) is 3.50. The minimum atomic E-state index is 0.284.